The van der Waals surface area contributed by atoms with Crippen molar-refractivity contribution in [2.75, 3.05) is 0 Å². The Hall–Kier alpha value is -2.83. The maximum absolute atomic E-state index is 11.9. The standard InChI is InChI=1S/C17H21N3O4/c1-11-12(2)20(10-18-11)13(3)15(16(21)22)19-17(23)24-9-14-7-5-4-6-8-14/h4-8,10,13,15H,9H2,1-3H3,(H,19,23)(H,21,22). The first-order valence-corrected chi connectivity index (χ1v) is 7.60. The molecule has 2 atom stereocenters. The van der Waals surface area contributed by atoms with Gasteiger partial charge in [-0.15, -0.1) is 0 Å². The van der Waals surface area contributed by atoms with Gasteiger partial charge < -0.3 is 19.7 Å². The molecule has 24 heavy (non-hydrogen) atoms. The largest absolute Gasteiger partial charge is 0.480 e. The summed E-state index contributed by atoms with van der Waals surface area (Å²) in [7, 11) is 0. The molecule has 2 unspecified atom stereocenters. The van der Waals surface area contributed by atoms with Crippen LogP contribution in [-0.4, -0.2) is 32.8 Å². The molecule has 7 heteroatoms. The van der Waals surface area contributed by atoms with E-state index in [0.717, 1.165) is 17.0 Å². The normalized spacial score (nSPS) is 13.1. The molecule has 0 aliphatic rings. The van der Waals surface area contributed by atoms with Crippen LogP contribution in [0, 0.1) is 13.8 Å². The molecule has 0 radical (unpaired) electrons. The summed E-state index contributed by atoms with van der Waals surface area (Å²) in [5.74, 6) is -1.13. The number of carboxylic acid groups (broad SMARTS) is 1. The van der Waals surface area contributed by atoms with Gasteiger partial charge in [-0.2, -0.15) is 0 Å². The highest BCUT2D eigenvalue weighted by Crippen LogP contribution is 2.17. The molecule has 1 aromatic carbocycles. The third kappa shape index (κ3) is 4.13. The summed E-state index contributed by atoms with van der Waals surface area (Å²) in [6.45, 7) is 5.49. The zero-order chi connectivity index (χ0) is 17.7. The van der Waals surface area contributed by atoms with Gasteiger partial charge in [0.05, 0.1) is 18.1 Å². The Kier molecular flexibility index (Phi) is 5.57. The average Bonchev–Trinajstić information content (AvgIpc) is 2.90. The number of amides is 1. The van der Waals surface area contributed by atoms with E-state index in [1.807, 2.05) is 44.2 Å². The summed E-state index contributed by atoms with van der Waals surface area (Å²) in [5.41, 5.74) is 2.50. The van der Waals surface area contributed by atoms with E-state index in [9.17, 15) is 14.7 Å². The van der Waals surface area contributed by atoms with Crippen molar-refractivity contribution < 1.29 is 19.4 Å². The zero-order valence-corrected chi connectivity index (χ0v) is 13.9. The maximum Gasteiger partial charge on any atom is 0.408 e. The monoisotopic (exact) mass is 331 g/mol. The lowest BCUT2D eigenvalue weighted by molar-refractivity contribution is -0.140. The number of hydrogen-bond donors (Lipinski definition) is 2. The number of alkyl carbamates (subject to hydrolysis) is 1. The van der Waals surface area contributed by atoms with Crippen molar-refractivity contribution in [3.8, 4) is 0 Å². The van der Waals surface area contributed by atoms with E-state index >= 15 is 0 Å². The molecule has 128 valence electrons. The van der Waals surface area contributed by atoms with E-state index in [0.29, 0.717) is 0 Å². The number of aromatic nitrogens is 2. The summed E-state index contributed by atoms with van der Waals surface area (Å²) < 4.78 is 6.82. The van der Waals surface area contributed by atoms with Gasteiger partial charge in [0.25, 0.3) is 0 Å². The Bertz CT molecular complexity index is 712. The Morgan fingerprint density at radius 1 is 1.29 bits per heavy atom. The van der Waals surface area contributed by atoms with Crippen LogP contribution in [0.3, 0.4) is 0 Å². The molecule has 7 nitrogen and oxygen atoms in total. The van der Waals surface area contributed by atoms with Crippen molar-refractivity contribution in [1.82, 2.24) is 14.9 Å². The maximum atomic E-state index is 11.9. The Labute approximate surface area is 140 Å². The van der Waals surface area contributed by atoms with Crippen LogP contribution >= 0.6 is 0 Å². The average molecular weight is 331 g/mol. The van der Waals surface area contributed by atoms with Gasteiger partial charge in [0, 0.05) is 5.69 Å². The van der Waals surface area contributed by atoms with E-state index in [4.69, 9.17) is 4.74 Å². The van der Waals surface area contributed by atoms with Crippen LogP contribution in [0.4, 0.5) is 4.79 Å². The fraction of sp³-hybridized carbons (Fsp3) is 0.353. The number of carbonyl (C=O) groups excluding carboxylic acids is 1. The van der Waals surface area contributed by atoms with Gasteiger partial charge in [0.1, 0.15) is 12.6 Å². The number of rotatable bonds is 6. The van der Waals surface area contributed by atoms with Gasteiger partial charge in [-0.3, -0.25) is 0 Å². The molecule has 1 heterocycles. The van der Waals surface area contributed by atoms with Crippen LogP contribution < -0.4 is 5.32 Å². The number of carbonyl (C=O) groups is 2. The minimum atomic E-state index is -1.13. The number of carboxylic acids is 1. The molecule has 2 rings (SSSR count). The van der Waals surface area contributed by atoms with Gasteiger partial charge >= 0.3 is 12.1 Å². The first kappa shape index (κ1) is 17.5. The molecule has 0 saturated heterocycles. The Balaban J connectivity index is 2.01. The number of nitrogens with one attached hydrogen (secondary N) is 1. The summed E-state index contributed by atoms with van der Waals surface area (Å²) in [4.78, 5) is 27.6. The van der Waals surface area contributed by atoms with E-state index in [2.05, 4.69) is 10.3 Å². The smallest absolute Gasteiger partial charge is 0.408 e. The summed E-state index contributed by atoms with van der Waals surface area (Å²) in [5, 5.41) is 11.8. The van der Waals surface area contributed by atoms with Crippen LogP contribution in [0.25, 0.3) is 0 Å². The van der Waals surface area contributed by atoms with Gasteiger partial charge in [0.15, 0.2) is 0 Å². The molecule has 2 aromatic rings. The molecule has 0 fully saturated rings. The lowest BCUT2D eigenvalue weighted by Crippen LogP contribution is -2.46. The predicted molar refractivity (Wildman–Crippen MR) is 87.6 cm³/mol. The number of nitrogens with zero attached hydrogens (tertiary/aromatic N) is 2. The van der Waals surface area contributed by atoms with E-state index in [1.165, 1.54) is 0 Å². The third-order valence-electron chi connectivity index (χ3n) is 3.96. The summed E-state index contributed by atoms with van der Waals surface area (Å²) >= 11 is 0. The van der Waals surface area contributed by atoms with Crippen molar-refractivity contribution in [2.45, 2.75) is 39.5 Å². The van der Waals surface area contributed by atoms with Gasteiger partial charge in [-0.05, 0) is 26.3 Å². The van der Waals surface area contributed by atoms with E-state index in [1.54, 1.807) is 17.8 Å². The first-order chi connectivity index (χ1) is 11.4. The number of aliphatic carboxylic acids is 1. The third-order valence-corrected chi connectivity index (χ3v) is 3.96. The second kappa shape index (κ2) is 7.63. The van der Waals surface area contributed by atoms with Crippen LogP contribution in [0.2, 0.25) is 0 Å². The molecule has 0 aliphatic carbocycles. The second-order valence-electron chi connectivity index (χ2n) is 5.59. The first-order valence-electron chi connectivity index (χ1n) is 7.60. The molecular formula is C17H21N3O4. The lowest BCUT2D eigenvalue weighted by atomic mass is 10.1. The molecule has 0 bridgehead atoms. The van der Waals surface area contributed by atoms with Crippen molar-refractivity contribution in [3.63, 3.8) is 0 Å². The number of aryl methyl sites for hydroxylation is 1. The second-order valence-corrected chi connectivity index (χ2v) is 5.59. The summed E-state index contributed by atoms with van der Waals surface area (Å²) in [6.07, 6.45) is 0.801. The SMILES string of the molecule is Cc1ncn(C(C)C(NC(=O)OCc2ccccc2)C(=O)O)c1C. The fourth-order valence-electron chi connectivity index (χ4n) is 2.37. The molecule has 0 saturated carbocycles. The quantitative estimate of drug-likeness (QED) is 0.848. The Morgan fingerprint density at radius 2 is 1.96 bits per heavy atom. The molecular weight excluding hydrogens is 310 g/mol. The zero-order valence-electron chi connectivity index (χ0n) is 13.9. The number of ether oxygens (including phenoxy) is 1. The highest BCUT2D eigenvalue weighted by molar-refractivity contribution is 5.80. The van der Waals surface area contributed by atoms with Gasteiger partial charge in [0.2, 0.25) is 0 Å². The minimum absolute atomic E-state index is 0.0800. The molecule has 0 aliphatic heterocycles. The van der Waals surface area contributed by atoms with Crippen LogP contribution in [0.1, 0.15) is 29.9 Å². The van der Waals surface area contributed by atoms with Crippen molar-refractivity contribution in [3.05, 3.63) is 53.6 Å². The lowest BCUT2D eigenvalue weighted by Gasteiger charge is -2.23. The number of imidazole rings is 1. The number of hydrogen-bond acceptors (Lipinski definition) is 4. The Morgan fingerprint density at radius 3 is 2.50 bits per heavy atom. The van der Waals surface area contributed by atoms with Crippen molar-refractivity contribution in [2.24, 2.45) is 0 Å². The minimum Gasteiger partial charge on any atom is -0.480 e. The topological polar surface area (TPSA) is 93.5 Å². The van der Waals surface area contributed by atoms with Gasteiger partial charge in [-0.25, -0.2) is 14.6 Å². The summed E-state index contributed by atoms with van der Waals surface area (Å²) in [6, 6.07) is 7.55. The molecule has 1 amide bonds. The van der Waals surface area contributed by atoms with Crippen LogP contribution in [-0.2, 0) is 16.1 Å². The highest BCUT2D eigenvalue weighted by atomic mass is 16.5. The molecule has 0 spiro atoms. The van der Waals surface area contributed by atoms with Gasteiger partial charge in [-0.1, -0.05) is 30.3 Å². The van der Waals surface area contributed by atoms with Crippen molar-refractivity contribution >= 4 is 12.1 Å². The van der Waals surface area contributed by atoms with E-state index in [-0.39, 0.29) is 6.61 Å². The molecule has 2 N–H and O–H groups in total. The highest BCUT2D eigenvalue weighted by Gasteiger charge is 2.29. The van der Waals surface area contributed by atoms with Crippen LogP contribution in [0.15, 0.2) is 36.7 Å². The van der Waals surface area contributed by atoms with Crippen LogP contribution in [0.5, 0.6) is 0 Å². The number of benzene rings is 1. The van der Waals surface area contributed by atoms with E-state index < -0.39 is 24.1 Å². The predicted octanol–water partition coefficient (Wildman–Crippen LogP) is 2.44. The fourth-order valence-corrected chi connectivity index (χ4v) is 2.37. The van der Waals surface area contributed by atoms with Crippen molar-refractivity contribution in [1.29, 1.82) is 0 Å². The molecule has 1 aromatic heterocycles.